The Labute approximate surface area is 161 Å². The van der Waals surface area contributed by atoms with Gasteiger partial charge in [-0.3, -0.25) is 14.3 Å². The van der Waals surface area contributed by atoms with Crippen molar-refractivity contribution in [3.63, 3.8) is 0 Å². The summed E-state index contributed by atoms with van der Waals surface area (Å²) < 4.78 is 1.70. The number of aryl methyl sites for hydroxylation is 2. The van der Waals surface area contributed by atoms with Crippen LogP contribution < -0.4 is 10.6 Å². The summed E-state index contributed by atoms with van der Waals surface area (Å²) in [4.78, 5) is 28.4. The van der Waals surface area contributed by atoms with Gasteiger partial charge in [0, 0.05) is 24.4 Å². The smallest absolute Gasteiger partial charge is 0.226 e. The molecular weight excluding hydrogens is 366 g/mol. The molecule has 0 spiro atoms. The van der Waals surface area contributed by atoms with Crippen molar-refractivity contribution in [2.45, 2.75) is 26.3 Å². The molecule has 2 heterocycles. The molecule has 0 radical (unpaired) electrons. The molecule has 0 saturated heterocycles. The Bertz CT molecular complexity index is 997. The van der Waals surface area contributed by atoms with E-state index in [1.165, 1.54) is 6.92 Å². The van der Waals surface area contributed by atoms with Gasteiger partial charge >= 0.3 is 0 Å². The van der Waals surface area contributed by atoms with Gasteiger partial charge in [-0.15, -0.1) is 0 Å². The molecule has 1 aromatic carbocycles. The van der Waals surface area contributed by atoms with Gasteiger partial charge in [-0.2, -0.15) is 5.10 Å². The van der Waals surface area contributed by atoms with Gasteiger partial charge in [-0.1, -0.05) is 23.7 Å². The highest BCUT2D eigenvalue weighted by atomic mass is 35.5. The molecule has 3 aromatic rings. The van der Waals surface area contributed by atoms with E-state index in [4.69, 9.17) is 11.6 Å². The minimum Gasteiger partial charge on any atom is -0.349 e. The number of aromatic nitrogens is 3. The van der Waals surface area contributed by atoms with Crippen LogP contribution in [0.4, 0.5) is 5.69 Å². The first-order valence-electron chi connectivity index (χ1n) is 8.45. The number of amides is 2. The summed E-state index contributed by atoms with van der Waals surface area (Å²) in [6.07, 6.45) is 1.68. The molecular formula is C19H20ClN5O2. The highest BCUT2D eigenvalue weighted by Crippen LogP contribution is 2.22. The van der Waals surface area contributed by atoms with Crippen molar-refractivity contribution >= 4 is 40.1 Å². The molecule has 0 aliphatic rings. The van der Waals surface area contributed by atoms with Crippen molar-refractivity contribution in [3.8, 4) is 0 Å². The number of rotatable bonds is 5. The zero-order valence-electron chi connectivity index (χ0n) is 15.3. The standard InChI is InChI=1S/C19H20ClN5O2/c1-11-16-8-15(10-21-19(16)25(3)24-11)23-18(27)9-17(22-12(2)26)13-4-6-14(20)7-5-13/h4-8,10,17H,9H2,1-3H3,(H,22,26)(H,23,27)/t17-/m0/s1. The van der Waals surface area contributed by atoms with E-state index >= 15 is 0 Å². The second kappa shape index (κ2) is 7.75. The quantitative estimate of drug-likeness (QED) is 0.706. The fourth-order valence-corrected chi connectivity index (χ4v) is 3.09. The van der Waals surface area contributed by atoms with Crippen LogP contribution in [0.2, 0.25) is 5.02 Å². The largest absolute Gasteiger partial charge is 0.349 e. The summed E-state index contributed by atoms with van der Waals surface area (Å²) in [7, 11) is 1.82. The maximum absolute atomic E-state index is 12.5. The topological polar surface area (TPSA) is 88.9 Å². The first-order chi connectivity index (χ1) is 12.8. The number of carbonyl (C=O) groups is 2. The Hall–Kier alpha value is -2.93. The van der Waals surface area contributed by atoms with E-state index in [1.807, 2.05) is 20.0 Å². The van der Waals surface area contributed by atoms with E-state index in [2.05, 4.69) is 20.7 Å². The van der Waals surface area contributed by atoms with Crippen molar-refractivity contribution in [2.75, 3.05) is 5.32 Å². The number of anilines is 1. The lowest BCUT2D eigenvalue weighted by Crippen LogP contribution is -2.29. The molecule has 8 heteroatoms. The van der Waals surface area contributed by atoms with Gasteiger partial charge in [0.05, 0.1) is 30.0 Å². The Morgan fingerprint density at radius 1 is 1.26 bits per heavy atom. The van der Waals surface area contributed by atoms with E-state index in [0.717, 1.165) is 22.3 Å². The summed E-state index contributed by atoms with van der Waals surface area (Å²) in [6, 6.07) is 8.44. The zero-order valence-corrected chi connectivity index (χ0v) is 16.0. The molecule has 2 N–H and O–H groups in total. The SMILES string of the molecule is CC(=O)N[C@@H](CC(=O)Nc1cnc2c(c1)c(C)nn2C)c1ccc(Cl)cc1. The fraction of sp³-hybridized carbons (Fsp3) is 0.263. The third-order valence-electron chi connectivity index (χ3n) is 4.19. The fourth-order valence-electron chi connectivity index (χ4n) is 2.97. The van der Waals surface area contributed by atoms with Gasteiger partial charge in [0.2, 0.25) is 11.8 Å². The first kappa shape index (κ1) is 18.8. The van der Waals surface area contributed by atoms with Crippen LogP contribution in [0.25, 0.3) is 11.0 Å². The number of nitrogens with one attached hydrogen (secondary N) is 2. The molecule has 1 atom stereocenters. The van der Waals surface area contributed by atoms with Crippen LogP contribution in [0.3, 0.4) is 0 Å². The van der Waals surface area contributed by atoms with E-state index in [9.17, 15) is 9.59 Å². The van der Waals surface area contributed by atoms with E-state index in [1.54, 1.807) is 35.1 Å². The van der Waals surface area contributed by atoms with Crippen molar-refractivity contribution in [1.29, 1.82) is 0 Å². The normalized spacial score (nSPS) is 12.0. The average molecular weight is 386 g/mol. The number of carbonyl (C=O) groups excluding carboxylic acids is 2. The number of benzene rings is 1. The van der Waals surface area contributed by atoms with Crippen LogP contribution in [-0.4, -0.2) is 26.6 Å². The van der Waals surface area contributed by atoms with Crippen LogP contribution in [0.15, 0.2) is 36.5 Å². The number of nitrogens with zero attached hydrogens (tertiary/aromatic N) is 3. The maximum atomic E-state index is 12.5. The number of halogens is 1. The van der Waals surface area contributed by atoms with Gasteiger partial charge in [0.15, 0.2) is 5.65 Å². The third-order valence-corrected chi connectivity index (χ3v) is 4.44. The molecule has 0 unspecified atom stereocenters. The highest BCUT2D eigenvalue weighted by Gasteiger charge is 2.18. The van der Waals surface area contributed by atoms with Gasteiger partial charge in [-0.05, 0) is 30.7 Å². The Morgan fingerprint density at radius 3 is 2.63 bits per heavy atom. The van der Waals surface area contributed by atoms with Crippen LogP contribution in [0.1, 0.15) is 30.6 Å². The summed E-state index contributed by atoms with van der Waals surface area (Å²) >= 11 is 5.92. The van der Waals surface area contributed by atoms with E-state index in [0.29, 0.717) is 10.7 Å². The van der Waals surface area contributed by atoms with Gasteiger partial charge in [0.25, 0.3) is 0 Å². The van der Waals surface area contributed by atoms with Crippen LogP contribution in [0.5, 0.6) is 0 Å². The molecule has 140 valence electrons. The van der Waals surface area contributed by atoms with Crippen LogP contribution in [-0.2, 0) is 16.6 Å². The Kier molecular flexibility index (Phi) is 5.41. The number of pyridine rings is 1. The number of fused-ring (bicyclic) bond motifs is 1. The lowest BCUT2D eigenvalue weighted by Gasteiger charge is -2.18. The third kappa shape index (κ3) is 4.43. The van der Waals surface area contributed by atoms with Crippen molar-refractivity contribution in [2.24, 2.45) is 7.05 Å². The predicted molar refractivity (Wildman–Crippen MR) is 105 cm³/mol. The zero-order chi connectivity index (χ0) is 19.6. The second-order valence-corrected chi connectivity index (χ2v) is 6.80. The molecule has 0 aliphatic heterocycles. The molecule has 0 aliphatic carbocycles. The summed E-state index contributed by atoms with van der Waals surface area (Å²) in [6.45, 7) is 3.31. The molecule has 7 nitrogen and oxygen atoms in total. The molecule has 27 heavy (non-hydrogen) atoms. The average Bonchev–Trinajstić information content (AvgIpc) is 2.88. The molecule has 2 aromatic heterocycles. The summed E-state index contributed by atoms with van der Waals surface area (Å²) in [5, 5.41) is 11.4. The highest BCUT2D eigenvalue weighted by molar-refractivity contribution is 6.30. The Balaban J connectivity index is 1.76. The van der Waals surface area contributed by atoms with Gasteiger partial charge in [-0.25, -0.2) is 4.98 Å². The number of hydrogen-bond donors (Lipinski definition) is 2. The number of hydrogen-bond acceptors (Lipinski definition) is 4. The lowest BCUT2D eigenvalue weighted by molar-refractivity contribution is -0.120. The van der Waals surface area contributed by atoms with Crippen molar-refractivity contribution < 1.29 is 9.59 Å². The second-order valence-electron chi connectivity index (χ2n) is 6.36. The monoisotopic (exact) mass is 385 g/mol. The van der Waals surface area contributed by atoms with E-state index < -0.39 is 6.04 Å². The van der Waals surface area contributed by atoms with E-state index in [-0.39, 0.29) is 18.2 Å². The van der Waals surface area contributed by atoms with Crippen molar-refractivity contribution in [3.05, 3.63) is 52.8 Å². The summed E-state index contributed by atoms with van der Waals surface area (Å²) in [5.41, 5.74) is 2.99. The van der Waals surface area contributed by atoms with Crippen LogP contribution >= 0.6 is 11.6 Å². The van der Waals surface area contributed by atoms with Crippen LogP contribution in [0, 0.1) is 6.92 Å². The van der Waals surface area contributed by atoms with Crippen molar-refractivity contribution in [1.82, 2.24) is 20.1 Å². The molecule has 0 saturated carbocycles. The van der Waals surface area contributed by atoms with Gasteiger partial charge in [0.1, 0.15) is 0 Å². The van der Waals surface area contributed by atoms with Gasteiger partial charge < -0.3 is 10.6 Å². The Morgan fingerprint density at radius 2 is 1.96 bits per heavy atom. The molecule has 0 fully saturated rings. The maximum Gasteiger partial charge on any atom is 0.226 e. The predicted octanol–water partition coefficient (Wildman–Crippen LogP) is 3.14. The molecule has 3 rings (SSSR count). The first-order valence-corrected chi connectivity index (χ1v) is 8.83. The lowest BCUT2D eigenvalue weighted by atomic mass is 10.0. The molecule has 2 amide bonds. The summed E-state index contributed by atoms with van der Waals surface area (Å²) in [5.74, 6) is -0.441. The molecule has 0 bridgehead atoms. The minimum absolute atomic E-state index is 0.0886. The minimum atomic E-state index is -0.448.